The largest absolute Gasteiger partial charge is 0.416 e. The van der Waals surface area contributed by atoms with E-state index in [1.54, 1.807) is 43.7 Å². The molecular weight excluding hydrogens is 500 g/mol. The topological polar surface area (TPSA) is 79.8 Å². The van der Waals surface area contributed by atoms with Crippen molar-refractivity contribution in [3.63, 3.8) is 0 Å². The quantitative estimate of drug-likeness (QED) is 0.282. The lowest BCUT2D eigenvalue weighted by atomic mass is 10.0. The predicted molar refractivity (Wildman–Crippen MR) is 124 cm³/mol. The summed E-state index contributed by atoms with van der Waals surface area (Å²) in [6.45, 7) is 1.69. The van der Waals surface area contributed by atoms with Crippen LogP contribution in [0.15, 0.2) is 73.2 Å². The van der Waals surface area contributed by atoms with Gasteiger partial charge in [0.25, 0.3) is 5.91 Å². The Kier molecular flexibility index (Phi) is 6.84. The summed E-state index contributed by atoms with van der Waals surface area (Å²) in [7, 11) is 0. The lowest BCUT2D eigenvalue weighted by Crippen LogP contribution is -2.17. The fourth-order valence-corrected chi connectivity index (χ4v) is 3.39. The predicted octanol–water partition coefficient (Wildman–Crippen LogP) is 6.88. The van der Waals surface area contributed by atoms with Crippen LogP contribution in [-0.2, 0) is 12.4 Å². The van der Waals surface area contributed by atoms with Gasteiger partial charge in [-0.1, -0.05) is 0 Å². The number of nitrogens with zero attached hydrogens (tertiary/aromatic N) is 3. The van der Waals surface area contributed by atoms with Crippen LogP contribution in [0, 0.1) is 6.92 Å². The Morgan fingerprint density at radius 2 is 1.57 bits per heavy atom. The van der Waals surface area contributed by atoms with Gasteiger partial charge in [-0.25, -0.2) is 9.97 Å². The van der Waals surface area contributed by atoms with Crippen LogP contribution in [-0.4, -0.2) is 20.9 Å². The van der Waals surface area contributed by atoms with Gasteiger partial charge in [-0.2, -0.15) is 26.3 Å². The second kappa shape index (κ2) is 9.88. The highest BCUT2D eigenvalue weighted by Gasteiger charge is 2.37. The van der Waals surface area contributed by atoms with E-state index in [2.05, 4.69) is 25.6 Å². The zero-order valence-corrected chi connectivity index (χ0v) is 18.9. The maximum Gasteiger partial charge on any atom is 0.416 e. The number of carbonyl (C=O) groups is 1. The molecule has 4 aromatic rings. The monoisotopic (exact) mass is 517 g/mol. The number of benzene rings is 2. The van der Waals surface area contributed by atoms with Gasteiger partial charge in [0.1, 0.15) is 0 Å². The number of hydrogen-bond acceptors (Lipinski definition) is 5. The van der Waals surface area contributed by atoms with Gasteiger partial charge in [-0.05, 0) is 67.1 Å². The molecule has 0 bridgehead atoms. The molecule has 0 aliphatic rings. The average molecular weight is 517 g/mol. The fourth-order valence-electron chi connectivity index (χ4n) is 3.39. The summed E-state index contributed by atoms with van der Waals surface area (Å²) in [6, 6.07) is 10.5. The van der Waals surface area contributed by atoms with Crippen molar-refractivity contribution in [1.29, 1.82) is 0 Å². The Morgan fingerprint density at radius 3 is 2.16 bits per heavy atom. The molecule has 0 radical (unpaired) electrons. The number of aryl methyl sites for hydroxylation is 1. The molecule has 2 heterocycles. The first kappa shape index (κ1) is 25.6. The van der Waals surface area contributed by atoms with Crippen molar-refractivity contribution >= 4 is 23.2 Å². The summed E-state index contributed by atoms with van der Waals surface area (Å²) in [6.07, 6.45) is -5.27. The fraction of sp³-hybridized carbons (Fsp3) is 0.120. The minimum Gasteiger partial charge on any atom is -0.324 e. The number of hydrogen-bond donors (Lipinski definition) is 2. The minimum absolute atomic E-state index is 0.0350. The van der Waals surface area contributed by atoms with E-state index < -0.39 is 35.0 Å². The molecule has 2 aromatic heterocycles. The molecule has 6 nitrogen and oxygen atoms in total. The van der Waals surface area contributed by atoms with E-state index >= 15 is 0 Å². The van der Waals surface area contributed by atoms with Crippen LogP contribution in [0.25, 0.3) is 11.3 Å². The van der Waals surface area contributed by atoms with Gasteiger partial charge in [0.15, 0.2) is 0 Å². The summed E-state index contributed by atoms with van der Waals surface area (Å²) >= 11 is 0. The summed E-state index contributed by atoms with van der Waals surface area (Å²) in [5.41, 5.74) is -1.16. The smallest absolute Gasteiger partial charge is 0.324 e. The zero-order chi connectivity index (χ0) is 26.8. The van der Waals surface area contributed by atoms with Gasteiger partial charge in [0.05, 0.1) is 16.8 Å². The number of anilines is 3. The van der Waals surface area contributed by atoms with Gasteiger partial charge in [0.2, 0.25) is 5.95 Å². The van der Waals surface area contributed by atoms with E-state index in [0.29, 0.717) is 29.1 Å². The van der Waals surface area contributed by atoms with Crippen LogP contribution >= 0.6 is 0 Å². The van der Waals surface area contributed by atoms with E-state index in [4.69, 9.17) is 0 Å². The first-order valence-corrected chi connectivity index (χ1v) is 10.6. The van der Waals surface area contributed by atoms with Crippen molar-refractivity contribution in [3.8, 4) is 11.3 Å². The molecule has 0 atom stereocenters. The van der Waals surface area contributed by atoms with E-state index in [9.17, 15) is 31.1 Å². The van der Waals surface area contributed by atoms with Crippen molar-refractivity contribution in [2.75, 3.05) is 10.6 Å². The molecule has 37 heavy (non-hydrogen) atoms. The molecule has 4 rings (SSSR count). The number of pyridine rings is 1. The summed E-state index contributed by atoms with van der Waals surface area (Å²) in [5.74, 6) is -0.839. The number of halogens is 6. The molecule has 2 N–H and O–H groups in total. The number of amides is 1. The van der Waals surface area contributed by atoms with Crippen molar-refractivity contribution in [1.82, 2.24) is 15.0 Å². The first-order valence-electron chi connectivity index (χ1n) is 10.6. The molecule has 2 aromatic carbocycles. The average Bonchev–Trinajstić information content (AvgIpc) is 2.85. The number of aromatic nitrogens is 3. The molecule has 0 aliphatic carbocycles. The standard InChI is InChI=1S/C25H17F6N5O/c1-14-9-19(34-22(37)16-10-17(24(26,27)28)12-18(11-16)25(29,30)31)4-5-20(14)35-23-33-8-6-21(36-23)15-3-2-7-32-13-15/h2-13H,1H3,(H,34,37)(H,33,35,36). The van der Waals surface area contributed by atoms with E-state index in [1.807, 2.05) is 6.07 Å². The van der Waals surface area contributed by atoms with Crippen LogP contribution in [0.4, 0.5) is 43.7 Å². The summed E-state index contributed by atoms with van der Waals surface area (Å²) in [5, 5.41) is 5.38. The van der Waals surface area contributed by atoms with Crippen LogP contribution in [0.1, 0.15) is 27.0 Å². The van der Waals surface area contributed by atoms with Crippen LogP contribution in [0.5, 0.6) is 0 Å². The number of carbonyl (C=O) groups excluding carboxylic acids is 1. The third-order valence-electron chi connectivity index (χ3n) is 5.19. The highest BCUT2D eigenvalue weighted by Crippen LogP contribution is 2.36. The summed E-state index contributed by atoms with van der Waals surface area (Å²) in [4.78, 5) is 25.2. The van der Waals surface area contributed by atoms with E-state index in [0.717, 1.165) is 5.56 Å². The van der Waals surface area contributed by atoms with Crippen molar-refractivity contribution in [2.24, 2.45) is 0 Å². The van der Waals surface area contributed by atoms with Gasteiger partial charge in [-0.15, -0.1) is 0 Å². The Labute approximate surface area is 206 Å². The maximum absolute atomic E-state index is 13.1. The number of rotatable bonds is 5. The van der Waals surface area contributed by atoms with Crippen LogP contribution in [0.2, 0.25) is 0 Å². The van der Waals surface area contributed by atoms with E-state index in [1.165, 1.54) is 12.1 Å². The van der Waals surface area contributed by atoms with Crippen LogP contribution < -0.4 is 10.6 Å². The molecule has 12 heteroatoms. The van der Waals surface area contributed by atoms with Gasteiger partial charge in [-0.3, -0.25) is 9.78 Å². The lowest BCUT2D eigenvalue weighted by molar-refractivity contribution is -0.143. The molecule has 0 unspecified atom stereocenters. The Morgan fingerprint density at radius 1 is 0.865 bits per heavy atom. The second-order valence-electron chi connectivity index (χ2n) is 7.91. The molecule has 0 spiro atoms. The molecule has 1 amide bonds. The maximum atomic E-state index is 13.1. The zero-order valence-electron chi connectivity index (χ0n) is 18.9. The van der Waals surface area contributed by atoms with Crippen molar-refractivity contribution in [3.05, 3.63) is 95.4 Å². The SMILES string of the molecule is Cc1cc(NC(=O)c2cc(C(F)(F)F)cc(C(F)(F)F)c2)ccc1Nc1nccc(-c2cccnc2)n1. The normalized spacial score (nSPS) is 11.8. The van der Waals surface area contributed by atoms with Crippen molar-refractivity contribution < 1.29 is 31.1 Å². The third-order valence-corrected chi connectivity index (χ3v) is 5.19. The summed E-state index contributed by atoms with van der Waals surface area (Å²) < 4.78 is 78.6. The molecule has 190 valence electrons. The molecule has 0 saturated carbocycles. The van der Waals surface area contributed by atoms with E-state index in [-0.39, 0.29) is 17.7 Å². The van der Waals surface area contributed by atoms with Crippen LogP contribution in [0.3, 0.4) is 0 Å². The molecule has 0 fully saturated rings. The number of nitrogens with one attached hydrogen (secondary N) is 2. The van der Waals surface area contributed by atoms with Gasteiger partial charge >= 0.3 is 12.4 Å². The highest BCUT2D eigenvalue weighted by atomic mass is 19.4. The molecular formula is C25H17F6N5O. The third kappa shape index (κ3) is 6.21. The first-order chi connectivity index (χ1) is 17.4. The van der Waals surface area contributed by atoms with Gasteiger partial charge in [0, 0.05) is 41.1 Å². The van der Waals surface area contributed by atoms with Crippen molar-refractivity contribution in [2.45, 2.75) is 19.3 Å². The Bertz CT molecular complexity index is 1410. The lowest BCUT2D eigenvalue weighted by Gasteiger charge is -2.15. The second-order valence-corrected chi connectivity index (χ2v) is 7.91. The Balaban J connectivity index is 1.54. The van der Waals surface area contributed by atoms with Gasteiger partial charge < -0.3 is 10.6 Å². The Hall–Kier alpha value is -4.48. The highest BCUT2D eigenvalue weighted by molar-refractivity contribution is 6.04. The number of alkyl halides is 6. The minimum atomic E-state index is -5.06. The molecule has 0 saturated heterocycles. The molecule has 0 aliphatic heterocycles.